The molecule has 4 aliphatic heterocycles. The fraction of sp³-hybridized carbons (Fsp3) is 0.962. The zero-order chi connectivity index (χ0) is 35.6. The first kappa shape index (κ1) is 39.5. The molecular formula is C26H45NO21. The number of hydrogen-bond acceptors (Lipinski definition) is 21. The average Bonchev–Trinajstić information content (AvgIpc) is 3.06. The standard InChI is InChI=1S/C26H45NO21/c1-6(32)27-11-20(14(35)10(5-31)43-24(11)47-21-15(36)9(4-30)42-23(41)19(21)40)46-26-22(17(38)13(34)8(3-29)45-26)48-25-18(39)16(37)12(33)7(2-28)44-25/h7-26,28-31,33-41H,2-5H2,1H3,(H,27,32)/t7-,8-,9-,10-,11-,12-,13-,14-,15-,16+,17+,18-,19-,20-,21+,22-,23+,24+,25-,26+/m1/s1. The Morgan fingerprint density at radius 2 is 0.938 bits per heavy atom. The van der Waals surface area contributed by atoms with Crippen molar-refractivity contribution >= 4 is 5.91 Å². The van der Waals surface area contributed by atoms with Gasteiger partial charge in [-0.25, -0.2) is 0 Å². The minimum atomic E-state index is -2.01. The normalized spacial score (nSPS) is 50.2. The van der Waals surface area contributed by atoms with Gasteiger partial charge in [-0.2, -0.15) is 0 Å². The van der Waals surface area contributed by atoms with Gasteiger partial charge in [0.2, 0.25) is 5.91 Å². The van der Waals surface area contributed by atoms with Crippen LogP contribution in [0, 0.1) is 0 Å². The second-order valence-corrected chi connectivity index (χ2v) is 11.9. The van der Waals surface area contributed by atoms with E-state index in [0.29, 0.717) is 0 Å². The number of carbonyl (C=O) groups excluding carboxylic acids is 1. The molecular weight excluding hydrogens is 662 g/mol. The Bertz CT molecular complexity index is 1030. The Labute approximate surface area is 272 Å². The van der Waals surface area contributed by atoms with Crippen LogP contribution in [-0.2, 0) is 38.0 Å². The summed E-state index contributed by atoms with van der Waals surface area (Å²) in [6.07, 6.45) is -34.2. The van der Waals surface area contributed by atoms with Crippen LogP contribution in [0.1, 0.15) is 6.92 Å². The maximum Gasteiger partial charge on any atom is 0.217 e. The molecule has 4 aliphatic rings. The largest absolute Gasteiger partial charge is 0.394 e. The van der Waals surface area contributed by atoms with Gasteiger partial charge in [0.1, 0.15) is 97.6 Å². The van der Waals surface area contributed by atoms with E-state index in [1.807, 2.05) is 0 Å². The first-order chi connectivity index (χ1) is 22.7. The van der Waals surface area contributed by atoms with Gasteiger partial charge in [-0.15, -0.1) is 0 Å². The summed E-state index contributed by atoms with van der Waals surface area (Å²) in [5.74, 6) is -0.774. The van der Waals surface area contributed by atoms with E-state index >= 15 is 0 Å². The monoisotopic (exact) mass is 707 g/mol. The van der Waals surface area contributed by atoms with Crippen molar-refractivity contribution in [1.82, 2.24) is 5.32 Å². The van der Waals surface area contributed by atoms with Crippen LogP contribution in [-0.4, -0.2) is 221 Å². The molecule has 4 rings (SSSR count). The van der Waals surface area contributed by atoms with Gasteiger partial charge < -0.3 is 105 Å². The summed E-state index contributed by atoms with van der Waals surface area (Å²) in [4.78, 5) is 12.3. The molecule has 20 atom stereocenters. The van der Waals surface area contributed by atoms with Crippen molar-refractivity contribution < 1.29 is 104 Å². The zero-order valence-electron chi connectivity index (χ0n) is 25.5. The number of amides is 1. The topological polar surface area (TPSA) is 357 Å². The highest BCUT2D eigenvalue weighted by Crippen LogP contribution is 2.34. The lowest BCUT2D eigenvalue weighted by atomic mass is 9.94. The maximum absolute atomic E-state index is 12.3. The molecule has 1 amide bonds. The van der Waals surface area contributed by atoms with Crippen molar-refractivity contribution in [2.24, 2.45) is 0 Å². The summed E-state index contributed by atoms with van der Waals surface area (Å²) >= 11 is 0. The molecule has 0 bridgehead atoms. The van der Waals surface area contributed by atoms with E-state index in [1.54, 1.807) is 0 Å². The number of aliphatic hydroxyl groups is 13. The van der Waals surface area contributed by atoms with Crippen molar-refractivity contribution in [3.63, 3.8) is 0 Å². The van der Waals surface area contributed by atoms with Crippen molar-refractivity contribution in [1.29, 1.82) is 0 Å². The second-order valence-electron chi connectivity index (χ2n) is 11.9. The fourth-order valence-electron chi connectivity index (χ4n) is 5.92. The SMILES string of the molecule is CC(=O)N[C@H]1[C@H](O[C@@H]2[C@@H](O)[C@@H](O)O[C@H](CO)[C@H]2O)O[C@H](CO)[C@@H](O)[C@@H]1O[C@@H]1O[C@H](CO)[C@@H](O)[C@H](O)[C@H]1O[C@H]1O[C@H](CO)[C@@H](O)[C@H](O)[C@H]1O. The van der Waals surface area contributed by atoms with Gasteiger partial charge in [-0.3, -0.25) is 4.79 Å². The molecule has 4 heterocycles. The Balaban J connectivity index is 1.66. The summed E-state index contributed by atoms with van der Waals surface area (Å²) < 4.78 is 38.8. The molecule has 48 heavy (non-hydrogen) atoms. The van der Waals surface area contributed by atoms with Crippen LogP contribution in [0.3, 0.4) is 0 Å². The molecule has 0 saturated carbocycles. The third kappa shape index (κ3) is 8.08. The number of carbonyl (C=O) groups is 1. The lowest BCUT2D eigenvalue weighted by Gasteiger charge is -2.50. The molecule has 0 aliphatic carbocycles. The molecule has 4 saturated heterocycles. The molecule has 0 unspecified atom stereocenters. The van der Waals surface area contributed by atoms with E-state index in [4.69, 9.17) is 33.2 Å². The lowest BCUT2D eigenvalue weighted by Crippen LogP contribution is -2.70. The summed E-state index contributed by atoms with van der Waals surface area (Å²) in [6.45, 7) is -2.41. The summed E-state index contributed by atoms with van der Waals surface area (Å²) in [6, 6.07) is -1.62. The predicted molar refractivity (Wildman–Crippen MR) is 145 cm³/mol. The van der Waals surface area contributed by atoms with Crippen LogP contribution < -0.4 is 5.32 Å². The van der Waals surface area contributed by atoms with Crippen LogP contribution in [0.25, 0.3) is 0 Å². The van der Waals surface area contributed by atoms with Gasteiger partial charge in [0, 0.05) is 6.92 Å². The van der Waals surface area contributed by atoms with E-state index in [9.17, 15) is 71.2 Å². The smallest absolute Gasteiger partial charge is 0.217 e. The molecule has 0 spiro atoms. The van der Waals surface area contributed by atoms with Crippen LogP contribution >= 0.6 is 0 Å². The first-order valence-corrected chi connectivity index (χ1v) is 15.1. The highest BCUT2D eigenvalue weighted by atomic mass is 16.8. The molecule has 280 valence electrons. The van der Waals surface area contributed by atoms with Gasteiger partial charge in [0.05, 0.1) is 26.4 Å². The molecule has 14 N–H and O–H groups in total. The summed E-state index contributed by atoms with van der Waals surface area (Å²) in [7, 11) is 0. The first-order valence-electron chi connectivity index (χ1n) is 15.1. The molecule has 4 fully saturated rings. The number of ether oxygens (including phenoxy) is 7. The second kappa shape index (κ2) is 16.8. The number of aliphatic hydroxyl groups excluding tert-OH is 13. The van der Waals surface area contributed by atoms with Gasteiger partial charge in [-0.05, 0) is 0 Å². The highest BCUT2D eigenvalue weighted by molar-refractivity contribution is 5.73. The van der Waals surface area contributed by atoms with Gasteiger partial charge >= 0.3 is 0 Å². The number of rotatable bonds is 11. The molecule has 0 radical (unpaired) electrons. The van der Waals surface area contributed by atoms with E-state index in [0.717, 1.165) is 6.92 Å². The third-order valence-electron chi connectivity index (χ3n) is 8.61. The van der Waals surface area contributed by atoms with Gasteiger partial charge in [-0.1, -0.05) is 0 Å². The van der Waals surface area contributed by atoms with Crippen molar-refractivity contribution in [2.45, 2.75) is 130 Å². The van der Waals surface area contributed by atoms with Crippen LogP contribution in [0.5, 0.6) is 0 Å². The molecule has 22 nitrogen and oxygen atoms in total. The van der Waals surface area contributed by atoms with E-state index in [1.165, 1.54) is 0 Å². The number of nitrogens with one attached hydrogen (secondary N) is 1. The molecule has 0 aromatic carbocycles. The lowest BCUT2D eigenvalue weighted by molar-refractivity contribution is -0.387. The quantitative estimate of drug-likeness (QED) is 0.0947. The summed E-state index contributed by atoms with van der Waals surface area (Å²) in [5, 5.41) is 136. The highest BCUT2D eigenvalue weighted by Gasteiger charge is 2.56. The van der Waals surface area contributed by atoms with Crippen LogP contribution in [0.15, 0.2) is 0 Å². The van der Waals surface area contributed by atoms with Crippen LogP contribution in [0.2, 0.25) is 0 Å². The maximum atomic E-state index is 12.3. The minimum Gasteiger partial charge on any atom is -0.394 e. The van der Waals surface area contributed by atoms with Gasteiger partial charge in [0.15, 0.2) is 25.2 Å². The van der Waals surface area contributed by atoms with Crippen molar-refractivity contribution in [3.8, 4) is 0 Å². The average molecular weight is 708 g/mol. The Morgan fingerprint density at radius 3 is 1.50 bits per heavy atom. The number of hydrogen-bond donors (Lipinski definition) is 14. The van der Waals surface area contributed by atoms with Crippen LogP contribution in [0.4, 0.5) is 0 Å². The van der Waals surface area contributed by atoms with E-state index < -0.39 is 155 Å². The molecule has 0 aromatic heterocycles. The van der Waals surface area contributed by atoms with Crippen molar-refractivity contribution in [2.75, 3.05) is 26.4 Å². The summed E-state index contributed by atoms with van der Waals surface area (Å²) in [5.41, 5.74) is 0. The fourth-order valence-corrected chi connectivity index (χ4v) is 5.92. The van der Waals surface area contributed by atoms with E-state index in [-0.39, 0.29) is 0 Å². The van der Waals surface area contributed by atoms with Crippen molar-refractivity contribution in [3.05, 3.63) is 0 Å². The predicted octanol–water partition coefficient (Wildman–Crippen LogP) is -9.61. The zero-order valence-corrected chi connectivity index (χ0v) is 25.5. The minimum absolute atomic E-state index is 0.774. The molecule has 22 heteroatoms. The molecule has 0 aromatic rings. The Hall–Kier alpha value is -1.33. The van der Waals surface area contributed by atoms with E-state index in [2.05, 4.69) is 5.32 Å². The Morgan fingerprint density at radius 1 is 0.500 bits per heavy atom. The van der Waals surface area contributed by atoms with Gasteiger partial charge in [0.25, 0.3) is 0 Å². The third-order valence-corrected chi connectivity index (χ3v) is 8.61. The Kier molecular flexibility index (Phi) is 13.8.